The van der Waals surface area contributed by atoms with Crippen molar-refractivity contribution in [2.24, 2.45) is 10.2 Å². The number of azo groups is 1. The predicted molar refractivity (Wildman–Crippen MR) is 78.1 cm³/mol. The number of rotatable bonds is 5. The number of ether oxygens (including phenoxy) is 1. The Morgan fingerprint density at radius 2 is 2.29 bits per heavy atom. The molecule has 1 heterocycles. The lowest BCUT2D eigenvalue weighted by Crippen LogP contribution is -2.05. The van der Waals surface area contributed by atoms with Crippen LogP contribution in [0.2, 0.25) is 0 Å². The number of H-pyrrole nitrogens is 1. The molecule has 0 saturated heterocycles. The van der Waals surface area contributed by atoms with Crippen LogP contribution in [-0.2, 0) is 4.74 Å². The van der Waals surface area contributed by atoms with Crippen molar-refractivity contribution in [3.63, 3.8) is 0 Å². The molecule has 0 aliphatic heterocycles. The molecule has 1 aromatic heterocycles. The third-order valence-electron chi connectivity index (χ3n) is 2.57. The number of imidazole rings is 1. The highest BCUT2D eigenvalue weighted by Crippen LogP contribution is 2.23. The van der Waals surface area contributed by atoms with Gasteiger partial charge >= 0.3 is 5.97 Å². The number of aromatic amines is 1. The number of hydrogen-bond donors (Lipinski definition) is 1. The monoisotopic (exact) mass is 287 g/mol. The first-order valence-electron chi connectivity index (χ1n) is 6.51. The highest BCUT2D eigenvalue weighted by atomic mass is 16.5. The van der Waals surface area contributed by atoms with Crippen LogP contribution < -0.4 is 0 Å². The van der Waals surface area contributed by atoms with Crippen LogP contribution in [0.5, 0.6) is 0 Å². The van der Waals surface area contributed by atoms with Gasteiger partial charge in [-0.15, -0.1) is 10.2 Å². The van der Waals surface area contributed by atoms with E-state index in [4.69, 9.17) is 4.74 Å². The van der Waals surface area contributed by atoms with Gasteiger partial charge in [0.1, 0.15) is 0 Å². The summed E-state index contributed by atoms with van der Waals surface area (Å²) in [6.45, 7) is 2.03. The normalized spacial score (nSPS) is 15.8. The topological polar surface area (TPSA) is 82.9 Å². The van der Waals surface area contributed by atoms with E-state index in [9.17, 15) is 4.79 Å². The molecule has 0 amide bonds. The first-order valence-corrected chi connectivity index (χ1v) is 6.51. The molecule has 0 saturated carbocycles. The van der Waals surface area contributed by atoms with Gasteiger partial charge in [-0.1, -0.05) is 12.2 Å². The van der Waals surface area contributed by atoms with Crippen molar-refractivity contribution in [3.8, 4) is 0 Å². The van der Waals surface area contributed by atoms with Crippen LogP contribution in [0, 0.1) is 0 Å². The van der Waals surface area contributed by atoms with Gasteiger partial charge in [0, 0.05) is 25.9 Å². The summed E-state index contributed by atoms with van der Waals surface area (Å²) in [5.74, 6) is -0.281. The average Bonchev–Trinajstić information content (AvgIpc) is 3.04. The molecule has 0 spiro atoms. The minimum absolute atomic E-state index is 0.199. The van der Waals surface area contributed by atoms with Gasteiger partial charge in [-0.05, 0) is 13.0 Å². The molecular formula is C14H17N5O2. The maximum Gasteiger partial charge on any atom is 0.358 e. The zero-order valence-electron chi connectivity index (χ0n) is 12.2. The Labute approximate surface area is 122 Å². The van der Waals surface area contributed by atoms with E-state index in [0.717, 1.165) is 5.57 Å². The summed E-state index contributed by atoms with van der Waals surface area (Å²) in [6, 6.07) is 0. The molecule has 1 aliphatic carbocycles. The molecule has 7 nitrogen and oxygen atoms in total. The maximum atomic E-state index is 11.7. The third kappa shape index (κ3) is 3.65. The second kappa shape index (κ2) is 6.65. The van der Waals surface area contributed by atoms with Gasteiger partial charge in [0.2, 0.25) is 5.82 Å². The highest BCUT2D eigenvalue weighted by Gasteiger charge is 2.15. The molecule has 0 unspecified atom stereocenters. The van der Waals surface area contributed by atoms with Crippen molar-refractivity contribution in [1.82, 2.24) is 14.9 Å². The zero-order valence-corrected chi connectivity index (χ0v) is 12.2. The molecular weight excluding hydrogens is 270 g/mol. The summed E-state index contributed by atoms with van der Waals surface area (Å²) < 4.78 is 4.92. The molecule has 110 valence electrons. The fourth-order valence-corrected chi connectivity index (χ4v) is 1.72. The number of carbonyl (C=O) groups excluding carboxylic acids is 1. The van der Waals surface area contributed by atoms with Crippen LogP contribution in [0.3, 0.4) is 0 Å². The minimum atomic E-state index is -0.494. The van der Waals surface area contributed by atoms with E-state index >= 15 is 0 Å². The van der Waals surface area contributed by atoms with Crippen molar-refractivity contribution in [1.29, 1.82) is 0 Å². The van der Waals surface area contributed by atoms with Crippen LogP contribution >= 0.6 is 0 Å². The first-order chi connectivity index (χ1) is 10.1. The molecule has 0 aromatic carbocycles. The quantitative estimate of drug-likeness (QED) is 0.666. The van der Waals surface area contributed by atoms with Gasteiger partial charge in [0.05, 0.1) is 18.6 Å². The van der Waals surface area contributed by atoms with Crippen LogP contribution in [0.15, 0.2) is 52.3 Å². The summed E-state index contributed by atoms with van der Waals surface area (Å²) in [5.41, 5.74) is 1.85. The maximum absolute atomic E-state index is 11.7. The minimum Gasteiger partial charge on any atom is -0.461 e. The fourth-order valence-electron chi connectivity index (χ4n) is 1.72. The Hall–Kier alpha value is -2.70. The predicted octanol–water partition coefficient (Wildman–Crippen LogP) is 2.57. The molecule has 1 N–H and O–H groups in total. The molecule has 1 aliphatic rings. The largest absolute Gasteiger partial charge is 0.461 e. The molecule has 0 radical (unpaired) electrons. The van der Waals surface area contributed by atoms with Gasteiger partial charge in [0.15, 0.2) is 5.69 Å². The van der Waals surface area contributed by atoms with Crippen molar-refractivity contribution in [2.45, 2.75) is 6.92 Å². The van der Waals surface area contributed by atoms with Crippen LogP contribution in [-0.4, -0.2) is 41.5 Å². The molecule has 1 aromatic rings. The molecule has 2 rings (SSSR count). The van der Waals surface area contributed by atoms with E-state index in [0.29, 0.717) is 12.3 Å². The van der Waals surface area contributed by atoms with E-state index < -0.39 is 5.97 Å². The number of aromatic nitrogens is 2. The summed E-state index contributed by atoms with van der Waals surface area (Å²) in [4.78, 5) is 20.3. The van der Waals surface area contributed by atoms with Gasteiger partial charge in [0.25, 0.3) is 0 Å². The molecule has 0 bridgehead atoms. The van der Waals surface area contributed by atoms with E-state index in [1.54, 1.807) is 6.92 Å². The second-order valence-electron chi connectivity index (χ2n) is 4.48. The third-order valence-corrected chi connectivity index (χ3v) is 2.57. The fraction of sp³-hybridized carbons (Fsp3) is 0.286. The number of hydrogen-bond acceptors (Lipinski definition) is 6. The van der Waals surface area contributed by atoms with E-state index in [1.807, 2.05) is 43.4 Å². The van der Waals surface area contributed by atoms with Gasteiger partial charge in [-0.25, -0.2) is 9.78 Å². The standard InChI is InChI=1S/C14H17N5O2/c1-4-21-14(20)12-13(16-9-15-12)18-17-11-7-5-6-10(11)8-19(2)3/h5-9H,4H2,1-3H3,(H,15,16). The van der Waals surface area contributed by atoms with Crippen molar-refractivity contribution < 1.29 is 9.53 Å². The van der Waals surface area contributed by atoms with E-state index in [-0.39, 0.29) is 11.5 Å². The van der Waals surface area contributed by atoms with Crippen LogP contribution in [0.4, 0.5) is 5.82 Å². The van der Waals surface area contributed by atoms with E-state index in [2.05, 4.69) is 20.2 Å². The van der Waals surface area contributed by atoms with Crippen molar-refractivity contribution >= 4 is 11.8 Å². The Morgan fingerprint density at radius 3 is 3.00 bits per heavy atom. The van der Waals surface area contributed by atoms with Gasteiger partial charge < -0.3 is 14.6 Å². The molecule has 21 heavy (non-hydrogen) atoms. The number of allylic oxidation sites excluding steroid dienone is 3. The number of esters is 1. The number of nitrogens with zero attached hydrogens (tertiary/aromatic N) is 4. The van der Waals surface area contributed by atoms with Crippen LogP contribution in [0.25, 0.3) is 0 Å². The Morgan fingerprint density at radius 1 is 1.48 bits per heavy atom. The van der Waals surface area contributed by atoms with Crippen LogP contribution in [0.1, 0.15) is 17.4 Å². The molecule has 7 heteroatoms. The summed E-state index contributed by atoms with van der Waals surface area (Å²) >= 11 is 0. The zero-order chi connectivity index (χ0) is 15.2. The molecule has 0 atom stereocenters. The lowest BCUT2D eigenvalue weighted by Gasteiger charge is -2.06. The Bertz CT molecular complexity index is 638. The van der Waals surface area contributed by atoms with Crippen molar-refractivity contribution in [3.05, 3.63) is 47.7 Å². The Kier molecular flexibility index (Phi) is 4.65. The SMILES string of the molecule is CCOC(=O)c1[nH]cnc1N=NC1=CC=CC1=CN(C)C. The second-order valence-corrected chi connectivity index (χ2v) is 4.48. The van der Waals surface area contributed by atoms with Gasteiger partial charge in [-0.2, -0.15) is 0 Å². The van der Waals surface area contributed by atoms with Gasteiger partial charge in [-0.3, -0.25) is 0 Å². The van der Waals surface area contributed by atoms with E-state index in [1.165, 1.54) is 6.33 Å². The lowest BCUT2D eigenvalue weighted by molar-refractivity contribution is 0.0521. The summed E-state index contributed by atoms with van der Waals surface area (Å²) in [7, 11) is 3.86. The van der Waals surface area contributed by atoms with Crippen molar-refractivity contribution in [2.75, 3.05) is 20.7 Å². The smallest absolute Gasteiger partial charge is 0.358 e. The Balaban J connectivity index is 2.16. The number of nitrogens with one attached hydrogen (secondary N) is 1. The summed E-state index contributed by atoms with van der Waals surface area (Å²) in [5, 5.41) is 8.16. The molecule has 0 fully saturated rings. The number of carbonyl (C=O) groups is 1. The lowest BCUT2D eigenvalue weighted by atomic mass is 10.2. The first kappa shape index (κ1) is 14.7. The summed E-state index contributed by atoms with van der Waals surface area (Å²) in [6.07, 6.45) is 8.99. The average molecular weight is 287 g/mol. The highest BCUT2D eigenvalue weighted by molar-refractivity contribution is 5.91.